The van der Waals surface area contributed by atoms with Crippen LogP contribution < -0.4 is 5.56 Å². The minimum absolute atomic E-state index is 0.0523. The van der Waals surface area contributed by atoms with Crippen molar-refractivity contribution in [3.8, 4) is 0 Å². The first-order valence-corrected chi connectivity index (χ1v) is 4.55. The molecular weight excluding hydrogens is 256 g/mol. The first-order valence-electron chi connectivity index (χ1n) is 3.76. The molecule has 0 amide bonds. The van der Waals surface area contributed by atoms with Gasteiger partial charge in [-0.05, 0) is 28.1 Å². The lowest BCUT2D eigenvalue weighted by atomic mass is 10.2. The summed E-state index contributed by atoms with van der Waals surface area (Å²) in [6.45, 7) is 0. The number of halogens is 3. The van der Waals surface area contributed by atoms with Crippen LogP contribution in [0.25, 0.3) is 10.9 Å². The third kappa shape index (κ3) is 1.33. The molecule has 2 rings (SSSR count). The zero-order valence-electron chi connectivity index (χ0n) is 6.77. The largest absolute Gasteiger partial charge is 0.321 e. The molecule has 72 valence electrons. The molecule has 0 fully saturated rings. The maximum Gasteiger partial charge on any atom is 0.248 e. The normalized spacial score (nSPS) is 10.8. The number of H-pyrrole nitrogens is 1. The van der Waals surface area contributed by atoms with E-state index in [-0.39, 0.29) is 16.5 Å². The van der Waals surface area contributed by atoms with Crippen LogP contribution >= 0.6 is 15.9 Å². The number of benzene rings is 1. The molecule has 0 bridgehead atoms. The average molecular weight is 260 g/mol. The maximum absolute atomic E-state index is 13.2. The molecule has 0 aliphatic rings. The highest BCUT2D eigenvalue weighted by Gasteiger charge is 2.10. The molecule has 0 aliphatic carbocycles. The average Bonchev–Trinajstić information content (AvgIpc) is 2.14. The van der Waals surface area contributed by atoms with E-state index in [0.29, 0.717) is 4.47 Å². The van der Waals surface area contributed by atoms with Crippen LogP contribution in [0.2, 0.25) is 0 Å². The number of aromatic nitrogens is 1. The molecule has 0 radical (unpaired) electrons. The van der Waals surface area contributed by atoms with Crippen molar-refractivity contribution in [2.24, 2.45) is 0 Å². The Bertz CT molecular complexity index is 564. The van der Waals surface area contributed by atoms with Gasteiger partial charge in [0.25, 0.3) is 0 Å². The molecule has 1 heterocycles. The highest BCUT2D eigenvalue weighted by atomic mass is 79.9. The standard InChI is InChI=1S/C9H4BrF2NO/c10-5-3-6(11)8(12)4-1-2-7(14)13-9(4)5/h1-3H,(H,13,14). The first kappa shape index (κ1) is 9.33. The molecule has 0 unspecified atom stereocenters. The molecule has 0 atom stereocenters. The summed E-state index contributed by atoms with van der Waals surface area (Å²) in [6, 6.07) is 3.38. The van der Waals surface area contributed by atoms with E-state index >= 15 is 0 Å². The lowest BCUT2D eigenvalue weighted by Gasteiger charge is -2.02. The van der Waals surface area contributed by atoms with E-state index in [4.69, 9.17) is 0 Å². The zero-order valence-corrected chi connectivity index (χ0v) is 8.36. The molecule has 1 N–H and O–H groups in total. The molecule has 2 nitrogen and oxygen atoms in total. The van der Waals surface area contributed by atoms with Crippen molar-refractivity contribution in [3.05, 3.63) is 44.7 Å². The van der Waals surface area contributed by atoms with Crippen molar-refractivity contribution in [2.75, 3.05) is 0 Å². The molecule has 0 saturated heterocycles. The molecule has 2 aromatic rings. The van der Waals surface area contributed by atoms with Crippen LogP contribution in [0.3, 0.4) is 0 Å². The SMILES string of the molecule is O=c1ccc2c(F)c(F)cc(Br)c2[nH]1. The fourth-order valence-corrected chi connectivity index (χ4v) is 1.73. The van der Waals surface area contributed by atoms with E-state index in [9.17, 15) is 13.6 Å². The summed E-state index contributed by atoms with van der Waals surface area (Å²) >= 11 is 3.04. The van der Waals surface area contributed by atoms with Crippen molar-refractivity contribution in [1.29, 1.82) is 0 Å². The number of rotatable bonds is 0. The summed E-state index contributed by atoms with van der Waals surface area (Å²) in [6.07, 6.45) is 0. The Kier molecular flexibility index (Phi) is 2.11. The van der Waals surface area contributed by atoms with Crippen LogP contribution in [-0.2, 0) is 0 Å². The van der Waals surface area contributed by atoms with Gasteiger partial charge in [0.1, 0.15) is 0 Å². The first-order chi connectivity index (χ1) is 6.59. The second-order valence-corrected chi connectivity index (χ2v) is 3.62. The van der Waals surface area contributed by atoms with Gasteiger partial charge in [-0.1, -0.05) is 0 Å². The molecule has 5 heteroatoms. The van der Waals surface area contributed by atoms with Gasteiger partial charge in [0.2, 0.25) is 5.56 Å². The number of hydrogen-bond donors (Lipinski definition) is 1. The van der Waals surface area contributed by atoms with E-state index in [2.05, 4.69) is 20.9 Å². The van der Waals surface area contributed by atoms with Gasteiger partial charge >= 0.3 is 0 Å². The molecule has 0 spiro atoms. The molecular formula is C9H4BrF2NO. The van der Waals surface area contributed by atoms with E-state index in [1.165, 1.54) is 6.07 Å². The van der Waals surface area contributed by atoms with Crippen molar-refractivity contribution in [2.45, 2.75) is 0 Å². The Morgan fingerprint density at radius 1 is 1.29 bits per heavy atom. The summed E-state index contributed by atoms with van der Waals surface area (Å²) in [7, 11) is 0. The summed E-state index contributed by atoms with van der Waals surface area (Å²) in [5, 5.41) is 0.0523. The fourth-order valence-electron chi connectivity index (χ4n) is 1.22. The third-order valence-corrected chi connectivity index (χ3v) is 2.48. The Hall–Kier alpha value is -1.23. The van der Waals surface area contributed by atoms with Gasteiger partial charge < -0.3 is 4.98 Å². The summed E-state index contributed by atoms with van der Waals surface area (Å²) in [5.41, 5.74) is -0.0967. The number of pyridine rings is 1. The van der Waals surface area contributed by atoms with Crippen LogP contribution in [0, 0.1) is 11.6 Å². The second-order valence-electron chi connectivity index (χ2n) is 2.77. The Balaban J connectivity index is 3.02. The lowest BCUT2D eigenvalue weighted by Crippen LogP contribution is -2.04. The van der Waals surface area contributed by atoms with Crippen molar-refractivity contribution in [3.63, 3.8) is 0 Å². The van der Waals surface area contributed by atoms with Gasteiger partial charge in [0.05, 0.1) is 5.52 Å². The predicted molar refractivity (Wildman–Crippen MR) is 52.2 cm³/mol. The summed E-state index contributed by atoms with van der Waals surface area (Å²) in [5.74, 6) is -1.91. The maximum atomic E-state index is 13.2. The van der Waals surface area contributed by atoms with Crippen LogP contribution in [0.5, 0.6) is 0 Å². The van der Waals surface area contributed by atoms with Gasteiger partial charge in [0.15, 0.2) is 11.6 Å². The highest BCUT2D eigenvalue weighted by molar-refractivity contribution is 9.10. The summed E-state index contributed by atoms with van der Waals surface area (Å²) in [4.78, 5) is 13.4. The predicted octanol–water partition coefficient (Wildman–Crippen LogP) is 2.57. The quantitative estimate of drug-likeness (QED) is 0.725. The second kappa shape index (κ2) is 3.16. The minimum Gasteiger partial charge on any atom is -0.321 e. The minimum atomic E-state index is -0.959. The fraction of sp³-hybridized carbons (Fsp3) is 0. The van der Waals surface area contributed by atoms with Gasteiger partial charge in [-0.3, -0.25) is 4.79 Å². The van der Waals surface area contributed by atoms with Crippen LogP contribution in [0.15, 0.2) is 27.5 Å². The van der Waals surface area contributed by atoms with Gasteiger partial charge in [-0.25, -0.2) is 8.78 Å². The lowest BCUT2D eigenvalue weighted by molar-refractivity contribution is 0.516. The molecule has 14 heavy (non-hydrogen) atoms. The molecule has 0 aliphatic heterocycles. The smallest absolute Gasteiger partial charge is 0.248 e. The van der Waals surface area contributed by atoms with Gasteiger partial charge in [-0.2, -0.15) is 0 Å². The molecule has 1 aromatic heterocycles. The van der Waals surface area contributed by atoms with Gasteiger partial charge in [-0.15, -0.1) is 0 Å². The van der Waals surface area contributed by atoms with Crippen LogP contribution in [-0.4, -0.2) is 4.98 Å². The number of fused-ring (bicyclic) bond motifs is 1. The van der Waals surface area contributed by atoms with Crippen LogP contribution in [0.1, 0.15) is 0 Å². The third-order valence-electron chi connectivity index (χ3n) is 1.86. The Morgan fingerprint density at radius 3 is 2.71 bits per heavy atom. The number of aromatic amines is 1. The monoisotopic (exact) mass is 259 g/mol. The zero-order chi connectivity index (χ0) is 10.3. The van der Waals surface area contributed by atoms with Crippen LogP contribution in [0.4, 0.5) is 8.78 Å². The Labute approximate surface area is 85.7 Å². The van der Waals surface area contributed by atoms with Crippen molar-refractivity contribution in [1.82, 2.24) is 4.98 Å². The van der Waals surface area contributed by atoms with E-state index in [1.807, 2.05) is 0 Å². The number of hydrogen-bond acceptors (Lipinski definition) is 1. The molecule has 0 saturated carbocycles. The van der Waals surface area contributed by atoms with Crippen molar-refractivity contribution < 1.29 is 8.78 Å². The summed E-state index contributed by atoms with van der Waals surface area (Å²) < 4.78 is 26.4. The Morgan fingerprint density at radius 2 is 2.00 bits per heavy atom. The van der Waals surface area contributed by atoms with E-state index in [1.54, 1.807) is 0 Å². The topological polar surface area (TPSA) is 32.9 Å². The molecule has 1 aromatic carbocycles. The van der Waals surface area contributed by atoms with Crippen molar-refractivity contribution >= 4 is 26.8 Å². The van der Waals surface area contributed by atoms with E-state index in [0.717, 1.165) is 12.1 Å². The number of nitrogens with one attached hydrogen (secondary N) is 1. The van der Waals surface area contributed by atoms with E-state index < -0.39 is 11.6 Å². The highest BCUT2D eigenvalue weighted by Crippen LogP contribution is 2.25. The van der Waals surface area contributed by atoms with Gasteiger partial charge in [0, 0.05) is 15.9 Å².